The lowest BCUT2D eigenvalue weighted by molar-refractivity contribution is -0.175. The summed E-state index contributed by atoms with van der Waals surface area (Å²) < 4.78 is 11.8. The van der Waals surface area contributed by atoms with Crippen LogP contribution in [0.25, 0.3) is 10.9 Å². The van der Waals surface area contributed by atoms with Crippen molar-refractivity contribution in [1.82, 2.24) is 14.9 Å². The van der Waals surface area contributed by atoms with E-state index in [1.54, 1.807) is 27.0 Å². The summed E-state index contributed by atoms with van der Waals surface area (Å²) >= 11 is 0. The summed E-state index contributed by atoms with van der Waals surface area (Å²) in [5.74, 6) is -1.08. The molecule has 0 spiro atoms. The van der Waals surface area contributed by atoms with Gasteiger partial charge in [0.15, 0.2) is 0 Å². The summed E-state index contributed by atoms with van der Waals surface area (Å²) in [6, 6.07) is 6.46. The Morgan fingerprint density at radius 1 is 1.19 bits per heavy atom. The Balaban J connectivity index is 2.40. The van der Waals surface area contributed by atoms with Crippen LogP contribution < -0.4 is 5.32 Å². The summed E-state index contributed by atoms with van der Waals surface area (Å²) in [7, 11) is 4.44. The van der Waals surface area contributed by atoms with E-state index in [0.717, 1.165) is 16.0 Å². The lowest BCUT2D eigenvalue weighted by Crippen LogP contribution is -2.44. The molecule has 0 saturated heterocycles. The molecule has 0 aliphatic carbocycles. The third-order valence-electron chi connectivity index (χ3n) is 4.34. The molecule has 1 atom stereocenters. The van der Waals surface area contributed by atoms with E-state index in [9.17, 15) is 14.4 Å². The van der Waals surface area contributed by atoms with Gasteiger partial charge in [0.1, 0.15) is 11.6 Å². The largest absolute Gasteiger partial charge is 0.466 e. The Morgan fingerprint density at radius 2 is 1.87 bits per heavy atom. The summed E-state index contributed by atoms with van der Waals surface area (Å²) in [6.45, 7) is 5.18. The number of methoxy groups -OCH3 is 1. The van der Waals surface area contributed by atoms with E-state index >= 15 is 0 Å². The maximum atomic E-state index is 13.3. The van der Waals surface area contributed by atoms with Crippen LogP contribution in [0.5, 0.6) is 0 Å². The van der Waals surface area contributed by atoms with Crippen molar-refractivity contribution in [3.05, 3.63) is 48.2 Å². The number of ether oxygens (including phenoxy) is 2. The predicted octanol–water partition coefficient (Wildman–Crippen LogP) is 2.86. The van der Waals surface area contributed by atoms with Crippen LogP contribution in [0.1, 0.15) is 32.4 Å². The first-order valence-electron chi connectivity index (χ1n) is 9.70. The van der Waals surface area contributed by atoms with Gasteiger partial charge in [0.05, 0.1) is 20.8 Å². The summed E-state index contributed by atoms with van der Waals surface area (Å²) in [5, 5.41) is 4.51. The highest BCUT2D eigenvalue weighted by molar-refractivity contribution is 5.93. The van der Waals surface area contributed by atoms with Crippen LogP contribution in [-0.4, -0.2) is 54.0 Å². The van der Waals surface area contributed by atoms with Gasteiger partial charge >= 0.3 is 12.1 Å². The summed E-state index contributed by atoms with van der Waals surface area (Å²) in [4.78, 5) is 42.4. The molecule has 0 saturated carbocycles. The molecule has 0 aliphatic rings. The first-order chi connectivity index (χ1) is 14.6. The molecule has 1 heterocycles. The quantitative estimate of drug-likeness (QED) is 0.411. The zero-order valence-corrected chi connectivity index (χ0v) is 18.7. The lowest BCUT2D eigenvalue weighted by atomic mass is 10.0. The molecule has 1 aromatic heterocycles. The Labute approximate surface area is 181 Å². The molecule has 0 aliphatic heterocycles. The fourth-order valence-electron chi connectivity index (χ4n) is 3.01. The number of para-hydroxylation sites is 1. The number of aryl methyl sites for hydroxylation is 1. The number of esters is 1. The molecule has 1 N–H and O–H groups in total. The van der Waals surface area contributed by atoms with Crippen molar-refractivity contribution in [1.29, 1.82) is 0 Å². The van der Waals surface area contributed by atoms with E-state index in [0.29, 0.717) is 5.56 Å². The number of benzene rings is 1. The van der Waals surface area contributed by atoms with Crippen molar-refractivity contribution < 1.29 is 28.7 Å². The molecule has 0 unspecified atom stereocenters. The minimum atomic E-state index is -1.08. The number of carbonyl (C=O) groups is 3. The SMILES string of the molecule is COC(=O)/C=C/CN(OC)C(=O)[C@@H](NC(=O)OC(C)(C)C)c1cn(C)c2ccccc12. The Hall–Kier alpha value is -3.33. The number of nitrogens with one attached hydrogen (secondary N) is 1. The van der Waals surface area contributed by atoms with Gasteiger partial charge < -0.3 is 19.4 Å². The van der Waals surface area contributed by atoms with Crippen LogP contribution in [-0.2, 0) is 30.9 Å². The van der Waals surface area contributed by atoms with Crippen LogP contribution in [0.4, 0.5) is 4.79 Å². The molecular formula is C22H29N3O6. The standard InChI is InChI=1S/C22H29N3O6/c1-22(2,3)31-21(28)23-19(16-14-24(4)17-11-8-7-10-15(16)17)20(27)25(30-6)13-9-12-18(26)29-5/h7-12,14,19H,13H2,1-6H3,(H,23,28)/b12-9+/t19-/m0/s1. The second-order valence-corrected chi connectivity index (χ2v) is 7.80. The maximum Gasteiger partial charge on any atom is 0.408 e. The third kappa shape index (κ3) is 6.32. The third-order valence-corrected chi connectivity index (χ3v) is 4.34. The molecule has 0 radical (unpaired) electrons. The number of hydrogen-bond acceptors (Lipinski definition) is 6. The number of aromatic nitrogens is 1. The first kappa shape index (κ1) is 23.9. The van der Waals surface area contributed by atoms with E-state index < -0.39 is 29.6 Å². The van der Waals surface area contributed by atoms with E-state index in [1.807, 2.05) is 35.9 Å². The molecule has 168 valence electrons. The number of hydroxylamine groups is 2. The number of hydrogen-bond donors (Lipinski definition) is 1. The second-order valence-electron chi connectivity index (χ2n) is 7.80. The number of amides is 2. The van der Waals surface area contributed by atoms with Gasteiger partial charge in [-0.1, -0.05) is 24.3 Å². The van der Waals surface area contributed by atoms with E-state index in [-0.39, 0.29) is 6.54 Å². The molecule has 9 heteroatoms. The summed E-state index contributed by atoms with van der Waals surface area (Å²) in [6.07, 6.45) is 3.66. The van der Waals surface area contributed by atoms with Crippen molar-refractivity contribution in [3.8, 4) is 0 Å². The van der Waals surface area contributed by atoms with Crippen molar-refractivity contribution in [2.75, 3.05) is 20.8 Å². The smallest absolute Gasteiger partial charge is 0.408 e. The van der Waals surface area contributed by atoms with Gasteiger partial charge in [-0.05, 0) is 26.8 Å². The minimum Gasteiger partial charge on any atom is -0.466 e. The van der Waals surface area contributed by atoms with Crippen LogP contribution >= 0.6 is 0 Å². The van der Waals surface area contributed by atoms with Crippen LogP contribution in [0.3, 0.4) is 0 Å². The number of rotatable bonds is 7. The van der Waals surface area contributed by atoms with Crippen LogP contribution in [0, 0.1) is 0 Å². The van der Waals surface area contributed by atoms with Gasteiger partial charge in [-0.15, -0.1) is 0 Å². The van der Waals surface area contributed by atoms with Crippen LogP contribution in [0.15, 0.2) is 42.6 Å². The molecule has 2 amide bonds. The fraction of sp³-hybridized carbons (Fsp3) is 0.409. The highest BCUT2D eigenvalue weighted by atomic mass is 16.7. The maximum absolute atomic E-state index is 13.3. The van der Waals surface area contributed by atoms with Gasteiger partial charge in [-0.3, -0.25) is 9.63 Å². The fourth-order valence-corrected chi connectivity index (χ4v) is 3.01. The molecular weight excluding hydrogens is 402 g/mol. The highest BCUT2D eigenvalue weighted by Crippen LogP contribution is 2.28. The number of nitrogens with zero attached hydrogens (tertiary/aromatic N) is 2. The molecule has 2 rings (SSSR count). The topological polar surface area (TPSA) is 99.1 Å². The average Bonchev–Trinajstić information content (AvgIpc) is 3.04. The Morgan fingerprint density at radius 3 is 2.48 bits per heavy atom. The average molecular weight is 431 g/mol. The van der Waals surface area contributed by atoms with Crippen LogP contribution in [0.2, 0.25) is 0 Å². The van der Waals surface area contributed by atoms with Crippen molar-refractivity contribution in [2.45, 2.75) is 32.4 Å². The summed E-state index contributed by atoms with van der Waals surface area (Å²) in [5.41, 5.74) is 0.754. The molecule has 9 nitrogen and oxygen atoms in total. The number of carbonyl (C=O) groups excluding carboxylic acids is 3. The Bertz CT molecular complexity index is 973. The molecule has 0 fully saturated rings. The number of alkyl carbamates (subject to hydrolysis) is 1. The number of fused-ring (bicyclic) bond motifs is 1. The zero-order valence-electron chi connectivity index (χ0n) is 18.7. The first-order valence-corrected chi connectivity index (χ1v) is 9.70. The normalized spacial score (nSPS) is 12.6. The van der Waals surface area contributed by atoms with E-state index in [2.05, 4.69) is 10.1 Å². The lowest BCUT2D eigenvalue weighted by Gasteiger charge is -2.26. The second kappa shape index (κ2) is 10.1. The van der Waals surface area contributed by atoms with Crippen molar-refractivity contribution in [2.24, 2.45) is 7.05 Å². The molecule has 31 heavy (non-hydrogen) atoms. The molecule has 1 aromatic carbocycles. The Kier molecular flexibility index (Phi) is 7.82. The van der Waals surface area contributed by atoms with Gasteiger partial charge in [0, 0.05) is 35.8 Å². The predicted molar refractivity (Wildman–Crippen MR) is 115 cm³/mol. The van der Waals surface area contributed by atoms with Gasteiger partial charge in [-0.25, -0.2) is 14.7 Å². The van der Waals surface area contributed by atoms with E-state index in [1.165, 1.54) is 26.4 Å². The highest BCUT2D eigenvalue weighted by Gasteiger charge is 2.31. The van der Waals surface area contributed by atoms with Gasteiger partial charge in [0.25, 0.3) is 5.91 Å². The van der Waals surface area contributed by atoms with Crippen molar-refractivity contribution >= 4 is 28.9 Å². The zero-order chi connectivity index (χ0) is 23.2. The van der Waals surface area contributed by atoms with Gasteiger partial charge in [0.2, 0.25) is 0 Å². The molecule has 0 bridgehead atoms. The molecule has 2 aromatic rings. The van der Waals surface area contributed by atoms with Gasteiger partial charge in [-0.2, -0.15) is 0 Å². The minimum absolute atomic E-state index is 0.0261. The monoisotopic (exact) mass is 431 g/mol. The van der Waals surface area contributed by atoms with E-state index in [4.69, 9.17) is 9.57 Å². The van der Waals surface area contributed by atoms with Crippen molar-refractivity contribution in [3.63, 3.8) is 0 Å².